The van der Waals surface area contributed by atoms with Gasteiger partial charge < -0.3 is 14.4 Å². The Morgan fingerprint density at radius 2 is 2.00 bits per heavy atom. The van der Waals surface area contributed by atoms with E-state index in [0.717, 1.165) is 27.8 Å². The first-order chi connectivity index (χ1) is 9.97. The maximum atomic E-state index is 11.7. The summed E-state index contributed by atoms with van der Waals surface area (Å²) in [6.07, 6.45) is 0.155. The Hall–Kier alpha value is -2.30. The maximum absolute atomic E-state index is 11.7. The smallest absolute Gasteiger partial charge is 0.310 e. The second-order valence-electron chi connectivity index (χ2n) is 5.07. The number of benzene rings is 1. The van der Waals surface area contributed by atoms with E-state index in [1.54, 1.807) is 7.11 Å². The fraction of sp³-hybridized carbons (Fsp3) is 0.375. The van der Waals surface area contributed by atoms with Gasteiger partial charge in [-0.05, 0) is 25.1 Å². The van der Waals surface area contributed by atoms with Gasteiger partial charge in [-0.3, -0.25) is 9.78 Å². The predicted molar refractivity (Wildman–Crippen MR) is 83.1 cm³/mol. The lowest BCUT2D eigenvalue weighted by Gasteiger charge is -2.19. The Morgan fingerprint density at radius 1 is 1.29 bits per heavy atom. The highest BCUT2D eigenvalue weighted by Gasteiger charge is 2.17. The molecule has 0 saturated carbocycles. The number of rotatable bonds is 4. The third kappa shape index (κ3) is 2.91. The molecule has 0 radical (unpaired) electrons. The fourth-order valence-corrected chi connectivity index (χ4v) is 2.42. The highest BCUT2D eigenvalue weighted by atomic mass is 16.5. The van der Waals surface area contributed by atoms with E-state index in [4.69, 9.17) is 9.47 Å². The molecule has 0 amide bonds. The average Bonchev–Trinajstić information content (AvgIpc) is 2.46. The van der Waals surface area contributed by atoms with Crippen molar-refractivity contribution in [3.63, 3.8) is 0 Å². The van der Waals surface area contributed by atoms with Crippen LogP contribution in [0.5, 0.6) is 5.75 Å². The van der Waals surface area contributed by atoms with Crippen LogP contribution in [0.1, 0.15) is 11.3 Å². The standard InChI is InChI=1S/C16H20N2O3/c1-10-8-13(18(2)3)16-11(9-15(19)21-5)14(20-4)7-6-12(16)17-10/h6-8H,9H2,1-5H3. The number of carbonyl (C=O) groups is 1. The van der Waals surface area contributed by atoms with Crippen molar-refractivity contribution in [3.8, 4) is 5.75 Å². The quantitative estimate of drug-likeness (QED) is 0.808. The molecule has 2 rings (SSSR count). The van der Waals surface area contributed by atoms with E-state index in [9.17, 15) is 4.79 Å². The molecule has 0 saturated heterocycles. The van der Waals surface area contributed by atoms with E-state index in [1.807, 2.05) is 44.1 Å². The van der Waals surface area contributed by atoms with Crippen LogP contribution in [0, 0.1) is 6.92 Å². The number of esters is 1. The van der Waals surface area contributed by atoms with Crippen LogP contribution in [-0.2, 0) is 16.0 Å². The molecular formula is C16H20N2O3. The molecule has 5 nitrogen and oxygen atoms in total. The molecule has 1 heterocycles. The molecule has 1 aromatic heterocycles. The third-order valence-corrected chi connectivity index (χ3v) is 3.40. The van der Waals surface area contributed by atoms with Gasteiger partial charge in [0.25, 0.3) is 0 Å². The Morgan fingerprint density at radius 3 is 2.57 bits per heavy atom. The van der Waals surface area contributed by atoms with Crippen molar-refractivity contribution in [3.05, 3.63) is 29.5 Å². The lowest BCUT2D eigenvalue weighted by atomic mass is 10.0. The van der Waals surface area contributed by atoms with E-state index in [1.165, 1.54) is 7.11 Å². The summed E-state index contributed by atoms with van der Waals surface area (Å²) in [4.78, 5) is 18.3. The number of hydrogen-bond acceptors (Lipinski definition) is 5. The molecular weight excluding hydrogens is 268 g/mol. The zero-order valence-corrected chi connectivity index (χ0v) is 13.1. The molecule has 0 aliphatic carbocycles. The molecule has 2 aromatic rings. The minimum absolute atomic E-state index is 0.155. The molecule has 0 aliphatic rings. The molecule has 0 unspecified atom stereocenters. The molecule has 21 heavy (non-hydrogen) atoms. The highest BCUT2D eigenvalue weighted by Crippen LogP contribution is 2.34. The average molecular weight is 288 g/mol. The van der Waals surface area contributed by atoms with Crippen molar-refractivity contribution in [2.24, 2.45) is 0 Å². The monoisotopic (exact) mass is 288 g/mol. The molecule has 0 atom stereocenters. The largest absolute Gasteiger partial charge is 0.496 e. The number of pyridine rings is 1. The van der Waals surface area contributed by atoms with Gasteiger partial charge in [-0.15, -0.1) is 0 Å². The Labute approximate surface area is 124 Å². The number of hydrogen-bond donors (Lipinski definition) is 0. The van der Waals surface area contributed by atoms with Gasteiger partial charge in [0.1, 0.15) is 5.75 Å². The minimum atomic E-state index is -0.300. The molecule has 1 aromatic carbocycles. The minimum Gasteiger partial charge on any atom is -0.496 e. The van der Waals surface area contributed by atoms with E-state index in [2.05, 4.69) is 4.98 Å². The number of anilines is 1. The van der Waals surface area contributed by atoms with Gasteiger partial charge >= 0.3 is 5.97 Å². The summed E-state index contributed by atoms with van der Waals surface area (Å²) in [5.74, 6) is 0.368. The van der Waals surface area contributed by atoms with Crippen molar-refractivity contribution in [2.45, 2.75) is 13.3 Å². The number of aromatic nitrogens is 1. The van der Waals surface area contributed by atoms with Crippen molar-refractivity contribution in [1.29, 1.82) is 0 Å². The third-order valence-electron chi connectivity index (χ3n) is 3.40. The Bertz CT molecular complexity index is 681. The number of fused-ring (bicyclic) bond motifs is 1. The van der Waals surface area contributed by atoms with Crippen LogP contribution in [0.2, 0.25) is 0 Å². The number of ether oxygens (including phenoxy) is 2. The van der Waals surface area contributed by atoms with E-state index in [-0.39, 0.29) is 12.4 Å². The number of methoxy groups -OCH3 is 2. The summed E-state index contributed by atoms with van der Waals surface area (Å²) in [5.41, 5.74) is 3.59. The van der Waals surface area contributed by atoms with Crippen molar-refractivity contribution >= 4 is 22.6 Å². The first-order valence-electron chi connectivity index (χ1n) is 6.69. The lowest BCUT2D eigenvalue weighted by Crippen LogP contribution is -2.13. The summed E-state index contributed by atoms with van der Waals surface area (Å²) in [5, 5.41) is 0.926. The van der Waals surface area contributed by atoms with Gasteiger partial charge in [0.2, 0.25) is 0 Å². The maximum Gasteiger partial charge on any atom is 0.310 e. The molecule has 0 N–H and O–H groups in total. The van der Waals surface area contributed by atoms with Crippen molar-refractivity contribution in [1.82, 2.24) is 4.98 Å². The SMILES string of the molecule is COC(=O)Cc1c(OC)ccc2nc(C)cc(N(C)C)c12. The molecule has 0 spiro atoms. The van der Waals surface area contributed by atoms with Gasteiger partial charge in [-0.2, -0.15) is 0 Å². The van der Waals surface area contributed by atoms with Gasteiger partial charge in [0.15, 0.2) is 0 Å². The van der Waals surface area contributed by atoms with Crippen LogP contribution >= 0.6 is 0 Å². The Balaban J connectivity index is 2.79. The summed E-state index contributed by atoms with van der Waals surface area (Å²) in [7, 11) is 6.92. The number of aryl methyl sites for hydroxylation is 1. The first-order valence-corrected chi connectivity index (χ1v) is 6.69. The van der Waals surface area contributed by atoms with E-state index >= 15 is 0 Å². The van der Waals surface area contributed by atoms with Crippen molar-refractivity contribution < 1.29 is 14.3 Å². The van der Waals surface area contributed by atoms with Crippen LogP contribution in [-0.4, -0.2) is 39.3 Å². The predicted octanol–water partition coefficient (Wildman–Crippen LogP) is 2.33. The summed E-state index contributed by atoms with van der Waals surface area (Å²) in [6, 6.07) is 5.75. The van der Waals surface area contributed by atoms with Gasteiger partial charge in [-0.1, -0.05) is 0 Å². The second kappa shape index (κ2) is 5.99. The molecule has 0 aliphatic heterocycles. The first kappa shape index (κ1) is 15.1. The summed E-state index contributed by atoms with van der Waals surface area (Å²) >= 11 is 0. The second-order valence-corrected chi connectivity index (χ2v) is 5.07. The Kier molecular flexibility index (Phi) is 4.31. The van der Waals surface area contributed by atoms with Crippen LogP contribution < -0.4 is 9.64 Å². The molecule has 112 valence electrons. The topological polar surface area (TPSA) is 51.7 Å². The molecule has 5 heteroatoms. The number of nitrogens with zero attached hydrogens (tertiary/aromatic N) is 2. The van der Waals surface area contributed by atoms with Crippen LogP contribution in [0.15, 0.2) is 18.2 Å². The zero-order chi connectivity index (χ0) is 15.6. The summed E-state index contributed by atoms with van der Waals surface area (Å²) in [6.45, 7) is 1.96. The fourth-order valence-electron chi connectivity index (χ4n) is 2.42. The van der Waals surface area contributed by atoms with E-state index in [0.29, 0.717) is 5.75 Å². The summed E-state index contributed by atoms with van der Waals surface area (Å²) < 4.78 is 10.2. The van der Waals surface area contributed by atoms with Gasteiger partial charge in [-0.25, -0.2) is 0 Å². The highest BCUT2D eigenvalue weighted by molar-refractivity contribution is 5.98. The normalized spacial score (nSPS) is 10.5. The van der Waals surface area contributed by atoms with Crippen LogP contribution in [0.4, 0.5) is 5.69 Å². The van der Waals surface area contributed by atoms with Gasteiger partial charge in [0, 0.05) is 36.4 Å². The van der Waals surface area contributed by atoms with Crippen LogP contribution in [0.25, 0.3) is 10.9 Å². The number of carbonyl (C=O) groups excluding carboxylic acids is 1. The van der Waals surface area contributed by atoms with Crippen molar-refractivity contribution in [2.75, 3.05) is 33.2 Å². The molecule has 0 bridgehead atoms. The lowest BCUT2D eigenvalue weighted by molar-refractivity contribution is -0.139. The van der Waals surface area contributed by atoms with E-state index < -0.39 is 0 Å². The van der Waals surface area contributed by atoms with Crippen LogP contribution in [0.3, 0.4) is 0 Å². The zero-order valence-electron chi connectivity index (χ0n) is 13.1. The van der Waals surface area contributed by atoms with Gasteiger partial charge in [0.05, 0.1) is 26.2 Å². The molecule has 0 fully saturated rings.